The van der Waals surface area contributed by atoms with Crippen LogP contribution in [0.4, 0.5) is 0 Å². The number of hydrogen-bond donors (Lipinski definition) is 1. The molecule has 0 saturated heterocycles. The van der Waals surface area contributed by atoms with E-state index in [2.05, 4.69) is 4.98 Å². The summed E-state index contributed by atoms with van der Waals surface area (Å²) in [5.74, 6) is 1.47. The van der Waals surface area contributed by atoms with Crippen molar-refractivity contribution in [2.45, 2.75) is 13.2 Å². The Bertz CT molecular complexity index is 1520. The Kier molecular flexibility index (Phi) is 6.18. The monoisotopic (exact) mass is 464 g/mol. The Morgan fingerprint density at radius 1 is 0.771 bits per heavy atom. The highest BCUT2D eigenvalue weighted by Gasteiger charge is 2.13. The predicted molar refractivity (Wildman–Crippen MR) is 136 cm³/mol. The van der Waals surface area contributed by atoms with E-state index in [0.29, 0.717) is 36.0 Å². The molecule has 2 N–H and O–H groups in total. The molecule has 5 rings (SSSR count). The van der Waals surface area contributed by atoms with E-state index in [4.69, 9.17) is 19.9 Å². The van der Waals surface area contributed by atoms with Gasteiger partial charge in [-0.15, -0.1) is 0 Å². The number of hydrogen-bond acceptors (Lipinski definition) is 5. The van der Waals surface area contributed by atoms with Crippen molar-refractivity contribution in [2.75, 3.05) is 7.11 Å². The van der Waals surface area contributed by atoms with Crippen molar-refractivity contribution in [2.24, 2.45) is 5.73 Å². The molecule has 6 heteroatoms. The average molecular weight is 465 g/mol. The van der Waals surface area contributed by atoms with Crippen LogP contribution in [0.2, 0.25) is 0 Å². The molecular weight excluding hydrogens is 440 g/mol. The van der Waals surface area contributed by atoms with E-state index < -0.39 is 5.91 Å². The Labute approximate surface area is 202 Å². The van der Waals surface area contributed by atoms with Crippen LogP contribution in [0.3, 0.4) is 0 Å². The molecule has 0 fully saturated rings. The molecule has 174 valence electrons. The van der Waals surface area contributed by atoms with E-state index in [9.17, 15) is 4.79 Å². The number of benzene rings is 4. The van der Waals surface area contributed by atoms with Crippen LogP contribution in [0.1, 0.15) is 21.5 Å². The maximum atomic E-state index is 11.7. The quantitative estimate of drug-likeness (QED) is 0.321. The van der Waals surface area contributed by atoms with Gasteiger partial charge in [0.2, 0.25) is 5.91 Å². The van der Waals surface area contributed by atoms with Gasteiger partial charge in [0.15, 0.2) is 11.5 Å². The van der Waals surface area contributed by atoms with Gasteiger partial charge in [0.25, 0.3) is 0 Å². The zero-order valence-electron chi connectivity index (χ0n) is 19.2. The SMILES string of the molecule is COc1cc2c(OCc3ccc4c(C(N)=O)cccc4c3)ccnc2cc1OCc1ccccc1. The number of nitrogens with two attached hydrogens (primary N) is 1. The molecule has 0 unspecified atom stereocenters. The fourth-order valence-corrected chi connectivity index (χ4v) is 4.06. The zero-order chi connectivity index (χ0) is 24.2. The minimum atomic E-state index is -0.441. The average Bonchev–Trinajstić information content (AvgIpc) is 2.90. The number of aromatic nitrogens is 1. The normalized spacial score (nSPS) is 10.9. The summed E-state index contributed by atoms with van der Waals surface area (Å²) < 4.78 is 17.8. The van der Waals surface area contributed by atoms with Gasteiger partial charge >= 0.3 is 0 Å². The molecule has 0 saturated carbocycles. The summed E-state index contributed by atoms with van der Waals surface area (Å²) in [4.78, 5) is 16.2. The molecule has 5 aromatic rings. The van der Waals surface area contributed by atoms with Gasteiger partial charge in [-0.3, -0.25) is 9.78 Å². The van der Waals surface area contributed by atoms with Crippen LogP contribution in [0.5, 0.6) is 17.2 Å². The smallest absolute Gasteiger partial charge is 0.249 e. The van der Waals surface area contributed by atoms with Crippen molar-refractivity contribution in [3.63, 3.8) is 0 Å². The first-order valence-corrected chi connectivity index (χ1v) is 11.2. The van der Waals surface area contributed by atoms with Gasteiger partial charge in [-0.05, 0) is 46.2 Å². The van der Waals surface area contributed by atoms with Crippen LogP contribution in [0, 0.1) is 0 Å². The number of rotatable bonds is 8. The molecule has 35 heavy (non-hydrogen) atoms. The lowest BCUT2D eigenvalue weighted by atomic mass is 10.0. The molecule has 6 nitrogen and oxygen atoms in total. The van der Waals surface area contributed by atoms with Crippen molar-refractivity contribution in [1.29, 1.82) is 0 Å². The second-order valence-corrected chi connectivity index (χ2v) is 8.12. The Morgan fingerprint density at radius 3 is 2.37 bits per heavy atom. The number of primary amides is 1. The molecule has 0 spiro atoms. The van der Waals surface area contributed by atoms with Crippen molar-refractivity contribution < 1.29 is 19.0 Å². The maximum Gasteiger partial charge on any atom is 0.249 e. The van der Waals surface area contributed by atoms with Gasteiger partial charge in [0, 0.05) is 23.2 Å². The zero-order valence-corrected chi connectivity index (χ0v) is 19.2. The second-order valence-electron chi connectivity index (χ2n) is 8.12. The highest BCUT2D eigenvalue weighted by molar-refractivity contribution is 6.06. The van der Waals surface area contributed by atoms with Crippen LogP contribution < -0.4 is 19.9 Å². The van der Waals surface area contributed by atoms with Crippen LogP contribution in [0.15, 0.2) is 91.1 Å². The lowest BCUT2D eigenvalue weighted by Gasteiger charge is -2.14. The molecule has 4 aromatic carbocycles. The third-order valence-corrected chi connectivity index (χ3v) is 5.83. The molecule has 0 aliphatic rings. The van der Waals surface area contributed by atoms with Gasteiger partial charge in [-0.25, -0.2) is 0 Å². The number of pyridine rings is 1. The van der Waals surface area contributed by atoms with Crippen molar-refractivity contribution >= 4 is 27.6 Å². The highest BCUT2D eigenvalue weighted by atomic mass is 16.5. The topological polar surface area (TPSA) is 83.7 Å². The van der Waals surface area contributed by atoms with Gasteiger partial charge in [0.05, 0.1) is 12.6 Å². The van der Waals surface area contributed by atoms with Gasteiger partial charge in [-0.1, -0.05) is 54.6 Å². The summed E-state index contributed by atoms with van der Waals surface area (Å²) in [6, 6.07) is 26.9. The fourth-order valence-electron chi connectivity index (χ4n) is 4.06. The lowest BCUT2D eigenvalue weighted by Crippen LogP contribution is -2.11. The summed E-state index contributed by atoms with van der Waals surface area (Å²) in [6.45, 7) is 0.781. The van der Waals surface area contributed by atoms with Crippen LogP contribution in [-0.2, 0) is 13.2 Å². The van der Waals surface area contributed by atoms with E-state index >= 15 is 0 Å². The third-order valence-electron chi connectivity index (χ3n) is 5.83. The largest absolute Gasteiger partial charge is 0.493 e. The van der Waals surface area contributed by atoms with Gasteiger partial charge in [0.1, 0.15) is 19.0 Å². The molecule has 0 aliphatic heterocycles. The van der Waals surface area contributed by atoms with E-state index in [1.54, 1.807) is 19.4 Å². The Morgan fingerprint density at radius 2 is 1.57 bits per heavy atom. The maximum absolute atomic E-state index is 11.7. The van der Waals surface area contributed by atoms with Crippen LogP contribution in [-0.4, -0.2) is 18.0 Å². The first kappa shape index (κ1) is 22.2. The summed E-state index contributed by atoms with van der Waals surface area (Å²) >= 11 is 0. The summed E-state index contributed by atoms with van der Waals surface area (Å²) in [7, 11) is 1.61. The molecule has 0 aliphatic carbocycles. The van der Waals surface area contributed by atoms with Gasteiger partial charge in [-0.2, -0.15) is 0 Å². The highest BCUT2D eigenvalue weighted by Crippen LogP contribution is 2.36. The van der Waals surface area contributed by atoms with E-state index in [1.165, 1.54) is 0 Å². The van der Waals surface area contributed by atoms with Crippen LogP contribution >= 0.6 is 0 Å². The number of carbonyl (C=O) groups is 1. The molecule has 0 bridgehead atoms. The minimum Gasteiger partial charge on any atom is -0.493 e. The van der Waals surface area contributed by atoms with Crippen molar-refractivity contribution in [3.05, 3.63) is 108 Å². The summed E-state index contributed by atoms with van der Waals surface area (Å²) in [5.41, 5.74) is 8.79. The summed E-state index contributed by atoms with van der Waals surface area (Å²) in [5, 5.41) is 2.59. The number of methoxy groups -OCH3 is 1. The number of nitrogens with zero attached hydrogens (tertiary/aromatic N) is 1. The van der Waals surface area contributed by atoms with E-state index in [0.717, 1.165) is 32.8 Å². The Hall–Kier alpha value is -4.58. The Balaban J connectivity index is 1.39. The summed E-state index contributed by atoms with van der Waals surface area (Å²) in [6.07, 6.45) is 1.71. The molecule has 0 radical (unpaired) electrons. The molecule has 1 heterocycles. The van der Waals surface area contributed by atoms with E-state index in [1.807, 2.05) is 78.9 Å². The van der Waals surface area contributed by atoms with E-state index in [-0.39, 0.29) is 0 Å². The number of fused-ring (bicyclic) bond motifs is 2. The number of ether oxygens (including phenoxy) is 3. The first-order valence-electron chi connectivity index (χ1n) is 11.2. The van der Waals surface area contributed by atoms with Gasteiger partial charge < -0.3 is 19.9 Å². The number of amides is 1. The predicted octanol–water partition coefficient (Wildman–Crippen LogP) is 5.65. The number of carbonyl (C=O) groups excluding carboxylic acids is 1. The molecule has 1 amide bonds. The first-order chi connectivity index (χ1) is 17.1. The molecule has 0 atom stereocenters. The van der Waals surface area contributed by atoms with Crippen molar-refractivity contribution in [1.82, 2.24) is 4.98 Å². The van der Waals surface area contributed by atoms with Crippen LogP contribution in [0.25, 0.3) is 21.7 Å². The minimum absolute atomic E-state index is 0.352. The third kappa shape index (κ3) is 4.73. The second kappa shape index (κ2) is 9.73. The van der Waals surface area contributed by atoms with Crippen molar-refractivity contribution in [3.8, 4) is 17.2 Å². The lowest BCUT2D eigenvalue weighted by molar-refractivity contribution is 0.100. The standard InChI is InChI=1S/C29H24N2O4/c1-33-27-15-24-25(16-28(27)35-17-19-6-3-2-4-7-19)31-13-12-26(24)34-18-20-10-11-22-21(14-20)8-5-9-23(22)29(30)32/h2-16H,17-18H2,1H3,(H2,30,32). The molecule has 1 aromatic heterocycles. The fraction of sp³-hybridized carbons (Fsp3) is 0.103. The molecular formula is C29H24N2O4.